The highest BCUT2D eigenvalue weighted by Gasteiger charge is 2.32. The summed E-state index contributed by atoms with van der Waals surface area (Å²) in [5.41, 5.74) is 6.63. The van der Waals surface area contributed by atoms with Crippen LogP contribution in [0.5, 0.6) is 0 Å². The van der Waals surface area contributed by atoms with E-state index in [9.17, 15) is 26.3 Å². The van der Waals surface area contributed by atoms with Gasteiger partial charge < -0.3 is 16.0 Å². The highest BCUT2D eigenvalue weighted by molar-refractivity contribution is 5.79. The third-order valence-corrected chi connectivity index (χ3v) is 6.71. The molecule has 3 heterocycles. The van der Waals surface area contributed by atoms with E-state index in [0.717, 1.165) is 50.2 Å². The Kier molecular flexibility index (Phi) is 7.06. The topological polar surface area (TPSA) is 92.5 Å². The van der Waals surface area contributed by atoms with Crippen LogP contribution in [-0.4, -0.2) is 33.0 Å². The van der Waals surface area contributed by atoms with E-state index in [0.29, 0.717) is 28.3 Å². The molecule has 1 fully saturated rings. The quantitative estimate of drug-likeness (QED) is 0.259. The lowest BCUT2D eigenvalue weighted by molar-refractivity contribution is -0.138. The van der Waals surface area contributed by atoms with Gasteiger partial charge in [0.15, 0.2) is 0 Å². The van der Waals surface area contributed by atoms with Crippen molar-refractivity contribution >= 4 is 5.95 Å². The Morgan fingerprint density at radius 3 is 2.21 bits per heavy atom. The van der Waals surface area contributed by atoms with Crippen LogP contribution in [0.25, 0.3) is 22.6 Å². The predicted octanol–water partition coefficient (Wildman–Crippen LogP) is 6.21. The van der Waals surface area contributed by atoms with Gasteiger partial charge in [-0.1, -0.05) is 24.3 Å². The molecule has 0 spiro atoms. The molecule has 1 saturated heterocycles. The van der Waals surface area contributed by atoms with Gasteiger partial charge in [-0.15, -0.1) is 0 Å². The molecule has 4 N–H and O–H groups in total. The maximum atomic E-state index is 13.5. The third-order valence-electron chi connectivity index (χ3n) is 6.71. The fourth-order valence-corrected chi connectivity index (χ4v) is 4.70. The first kappa shape index (κ1) is 26.7. The number of benzene rings is 2. The number of imidazole rings is 1. The number of aromatic amines is 1. The van der Waals surface area contributed by atoms with Crippen molar-refractivity contribution in [2.45, 2.75) is 37.5 Å². The first-order chi connectivity index (χ1) is 18.5. The first-order valence-corrected chi connectivity index (χ1v) is 12.2. The van der Waals surface area contributed by atoms with Crippen LogP contribution in [0.2, 0.25) is 0 Å². The molecule has 0 bridgehead atoms. The predicted molar refractivity (Wildman–Crippen MR) is 134 cm³/mol. The maximum absolute atomic E-state index is 13.5. The van der Waals surface area contributed by atoms with Crippen LogP contribution in [0.4, 0.5) is 32.3 Å². The van der Waals surface area contributed by atoms with Gasteiger partial charge in [-0.2, -0.15) is 26.3 Å². The number of nitrogens with one attached hydrogen (secondary N) is 2. The zero-order chi connectivity index (χ0) is 27.8. The van der Waals surface area contributed by atoms with Gasteiger partial charge >= 0.3 is 12.4 Å². The Hall–Kier alpha value is -3.93. The van der Waals surface area contributed by atoms with Crippen molar-refractivity contribution in [3.63, 3.8) is 0 Å². The van der Waals surface area contributed by atoms with Crippen molar-refractivity contribution in [1.82, 2.24) is 25.3 Å². The minimum Gasteiger partial charge on any atom is -0.368 e. The van der Waals surface area contributed by atoms with Gasteiger partial charge in [0.25, 0.3) is 0 Å². The lowest BCUT2D eigenvalue weighted by Crippen LogP contribution is -2.27. The van der Waals surface area contributed by atoms with Gasteiger partial charge in [0, 0.05) is 29.7 Å². The lowest BCUT2D eigenvalue weighted by atomic mass is 9.97. The van der Waals surface area contributed by atoms with Crippen LogP contribution < -0.4 is 11.1 Å². The molecule has 4 aromatic rings. The second-order valence-electron chi connectivity index (χ2n) is 9.42. The number of hydrogen-bond donors (Lipinski definition) is 3. The lowest BCUT2D eigenvalue weighted by Gasteiger charge is -2.20. The average molecular weight is 547 g/mol. The summed E-state index contributed by atoms with van der Waals surface area (Å²) in [7, 11) is 0. The normalized spacial score (nSPS) is 15.0. The van der Waals surface area contributed by atoms with Gasteiger partial charge in [-0.25, -0.2) is 15.0 Å². The van der Waals surface area contributed by atoms with Crippen molar-refractivity contribution < 1.29 is 26.3 Å². The molecule has 5 rings (SSSR count). The molecule has 2 aromatic heterocycles. The number of alkyl halides is 6. The van der Waals surface area contributed by atoms with E-state index in [4.69, 9.17) is 10.7 Å². The van der Waals surface area contributed by atoms with Crippen LogP contribution in [0.1, 0.15) is 46.8 Å². The van der Waals surface area contributed by atoms with Crippen LogP contribution in [-0.2, 0) is 18.8 Å². The molecule has 6 nitrogen and oxygen atoms in total. The number of nitrogen functional groups attached to an aromatic ring is 1. The van der Waals surface area contributed by atoms with E-state index in [1.54, 1.807) is 6.07 Å². The molecule has 1 aliphatic heterocycles. The Morgan fingerprint density at radius 2 is 1.54 bits per heavy atom. The number of anilines is 1. The average Bonchev–Trinajstić information content (AvgIpc) is 3.35. The van der Waals surface area contributed by atoms with Gasteiger partial charge in [0.1, 0.15) is 5.82 Å². The number of nitrogens with two attached hydrogens (primary N) is 1. The van der Waals surface area contributed by atoms with Crippen molar-refractivity contribution in [2.75, 3.05) is 18.8 Å². The maximum Gasteiger partial charge on any atom is 0.416 e. The summed E-state index contributed by atoms with van der Waals surface area (Å²) in [6.07, 6.45) is -5.79. The number of rotatable bonds is 5. The van der Waals surface area contributed by atoms with Crippen LogP contribution in [0.3, 0.4) is 0 Å². The van der Waals surface area contributed by atoms with Crippen LogP contribution in [0.15, 0.2) is 54.7 Å². The van der Waals surface area contributed by atoms with E-state index in [1.165, 1.54) is 24.4 Å². The molecule has 0 saturated carbocycles. The van der Waals surface area contributed by atoms with Gasteiger partial charge in [-0.3, -0.25) is 0 Å². The van der Waals surface area contributed by atoms with E-state index in [1.807, 2.05) is 0 Å². The Labute approximate surface area is 219 Å². The molecule has 0 amide bonds. The van der Waals surface area contributed by atoms with Crippen molar-refractivity contribution in [2.24, 2.45) is 0 Å². The summed E-state index contributed by atoms with van der Waals surface area (Å²) >= 11 is 0. The number of halogens is 6. The zero-order valence-corrected chi connectivity index (χ0v) is 20.5. The number of hydrogen-bond acceptors (Lipinski definition) is 5. The summed E-state index contributed by atoms with van der Waals surface area (Å²) < 4.78 is 79.6. The molecule has 2 aromatic carbocycles. The van der Waals surface area contributed by atoms with Gasteiger partial charge in [0.2, 0.25) is 5.95 Å². The number of piperidine rings is 1. The molecule has 0 atom stereocenters. The molecule has 204 valence electrons. The number of H-pyrrole nitrogens is 1. The minimum atomic E-state index is -4.54. The summed E-state index contributed by atoms with van der Waals surface area (Å²) in [6.45, 7) is 1.55. The zero-order valence-electron chi connectivity index (χ0n) is 20.5. The highest BCUT2D eigenvalue weighted by Crippen LogP contribution is 2.38. The number of nitrogens with zero attached hydrogens (tertiary/aromatic N) is 3. The Bertz CT molecular complexity index is 1450. The van der Waals surface area contributed by atoms with Crippen molar-refractivity contribution in [3.8, 4) is 22.6 Å². The fraction of sp³-hybridized carbons (Fsp3) is 0.296. The fourth-order valence-electron chi connectivity index (χ4n) is 4.70. The first-order valence-electron chi connectivity index (χ1n) is 12.2. The molecular weight excluding hydrogens is 522 g/mol. The summed E-state index contributed by atoms with van der Waals surface area (Å²) in [6, 6.07) is 9.60. The molecule has 39 heavy (non-hydrogen) atoms. The summed E-state index contributed by atoms with van der Waals surface area (Å²) in [5.74, 6) is 0.618. The Balaban J connectivity index is 1.61. The molecular formula is C27H24F6N6. The minimum absolute atomic E-state index is 0.0575. The molecule has 0 radical (unpaired) electrons. The van der Waals surface area contributed by atoms with Crippen molar-refractivity contribution in [3.05, 3.63) is 82.8 Å². The van der Waals surface area contributed by atoms with E-state index in [2.05, 4.69) is 20.3 Å². The summed E-state index contributed by atoms with van der Waals surface area (Å²) in [5, 5.41) is 3.28. The standard InChI is InChI=1S/C27H24F6N6/c28-26(29,30)19-6-4-15(5-7-19)12-18-14-36-25(34)39-22(18)23-21(17-2-1-3-20(13-17)27(31,32)33)37-24(38-23)16-8-10-35-11-9-16/h1-7,13-14,16,35H,8-12H2,(H,37,38)(H2,34,36,39). The SMILES string of the molecule is Nc1ncc(Cc2ccc(C(F)(F)F)cc2)c(-c2[nH]c(C3CCNCC3)nc2-c2cccc(C(F)(F)F)c2)n1. The molecule has 12 heteroatoms. The monoisotopic (exact) mass is 546 g/mol. The second-order valence-corrected chi connectivity index (χ2v) is 9.42. The highest BCUT2D eigenvalue weighted by atomic mass is 19.4. The Morgan fingerprint density at radius 1 is 0.846 bits per heavy atom. The van der Waals surface area contributed by atoms with Gasteiger partial charge in [0.05, 0.1) is 28.2 Å². The van der Waals surface area contributed by atoms with E-state index < -0.39 is 23.5 Å². The van der Waals surface area contributed by atoms with Crippen molar-refractivity contribution in [1.29, 1.82) is 0 Å². The third kappa shape index (κ3) is 5.90. The van der Waals surface area contributed by atoms with E-state index >= 15 is 0 Å². The second kappa shape index (κ2) is 10.3. The molecule has 0 aliphatic carbocycles. The van der Waals surface area contributed by atoms with E-state index in [-0.39, 0.29) is 29.5 Å². The van der Waals surface area contributed by atoms with Crippen LogP contribution in [0, 0.1) is 0 Å². The van der Waals surface area contributed by atoms with Crippen LogP contribution >= 0.6 is 0 Å². The molecule has 1 aliphatic rings. The molecule has 0 unspecified atom stereocenters. The summed E-state index contributed by atoms with van der Waals surface area (Å²) in [4.78, 5) is 16.5. The largest absolute Gasteiger partial charge is 0.416 e. The smallest absolute Gasteiger partial charge is 0.368 e. The van der Waals surface area contributed by atoms with Gasteiger partial charge in [-0.05, 0) is 55.8 Å². The number of aromatic nitrogens is 4.